The monoisotopic (exact) mass is 311 g/mol. The topological polar surface area (TPSA) is 51.5 Å². The standard InChI is InChI=1S/C19H21NO3/c1-13-5-6-14(2)19(15(13)3)23-10-9-22-17-8-7-16(12-20)11-18(17)21-4/h5-8,11H,9-10H2,1-4H3. The van der Waals surface area contributed by atoms with E-state index in [-0.39, 0.29) is 0 Å². The molecule has 0 radical (unpaired) electrons. The number of nitriles is 1. The summed E-state index contributed by atoms with van der Waals surface area (Å²) in [5.74, 6) is 2.07. The highest BCUT2D eigenvalue weighted by atomic mass is 16.5. The van der Waals surface area contributed by atoms with Crippen LogP contribution in [0, 0.1) is 32.1 Å². The third-order valence-corrected chi connectivity index (χ3v) is 3.75. The molecule has 23 heavy (non-hydrogen) atoms. The van der Waals surface area contributed by atoms with Crippen molar-refractivity contribution >= 4 is 0 Å². The number of rotatable bonds is 6. The van der Waals surface area contributed by atoms with E-state index < -0.39 is 0 Å². The van der Waals surface area contributed by atoms with Crippen molar-refractivity contribution in [1.82, 2.24) is 0 Å². The van der Waals surface area contributed by atoms with E-state index in [0.717, 1.165) is 16.9 Å². The van der Waals surface area contributed by atoms with E-state index in [1.54, 1.807) is 25.3 Å². The Balaban J connectivity index is 1.97. The number of aryl methyl sites for hydroxylation is 2. The number of nitrogens with zero attached hydrogens (tertiary/aromatic N) is 1. The minimum absolute atomic E-state index is 0.398. The van der Waals surface area contributed by atoms with Gasteiger partial charge in [0.2, 0.25) is 0 Å². The lowest BCUT2D eigenvalue weighted by Crippen LogP contribution is -2.11. The van der Waals surface area contributed by atoms with E-state index in [1.165, 1.54) is 5.56 Å². The maximum absolute atomic E-state index is 8.90. The summed E-state index contributed by atoms with van der Waals surface area (Å²) in [5, 5.41) is 8.90. The van der Waals surface area contributed by atoms with Gasteiger partial charge in [0, 0.05) is 6.07 Å². The van der Waals surface area contributed by atoms with Crippen molar-refractivity contribution in [2.45, 2.75) is 20.8 Å². The molecular weight excluding hydrogens is 290 g/mol. The molecule has 0 amide bonds. The molecule has 2 rings (SSSR count). The predicted molar refractivity (Wildman–Crippen MR) is 89.4 cm³/mol. The average molecular weight is 311 g/mol. The molecule has 0 saturated heterocycles. The van der Waals surface area contributed by atoms with E-state index in [4.69, 9.17) is 19.5 Å². The summed E-state index contributed by atoms with van der Waals surface area (Å²) in [5.41, 5.74) is 4.02. The van der Waals surface area contributed by atoms with E-state index >= 15 is 0 Å². The van der Waals surface area contributed by atoms with Gasteiger partial charge in [-0.2, -0.15) is 5.26 Å². The smallest absolute Gasteiger partial charge is 0.162 e. The van der Waals surface area contributed by atoms with Crippen molar-refractivity contribution in [3.05, 3.63) is 52.6 Å². The minimum Gasteiger partial charge on any atom is -0.493 e. The van der Waals surface area contributed by atoms with Crippen molar-refractivity contribution < 1.29 is 14.2 Å². The van der Waals surface area contributed by atoms with Crippen LogP contribution < -0.4 is 14.2 Å². The zero-order valence-electron chi connectivity index (χ0n) is 14.0. The Labute approximate surface area is 137 Å². The molecule has 0 aromatic heterocycles. The van der Waals surface area contributed by atoms with Crippen LogP contribution in [-0.4, -0.2) is 20.3 Å². The second kappa shape index (κ2) is 7.55. The van der Waals surface area contributed by atoms with Crippen LogP contribution in [0.1, 0.15) is 22.3 Å². The SMILES string of the molecule is COc1cc(C#N)ccc1OCCOc1c(C)ccc(C)c1C. The van der Waals surface area contributed by atoms with Crippen molar-refractivity contribution in [2.24, 2.45) is 0 Å². The normalized spacial score (nSPS) is 10.0. The first-order valence-electron chi connectivity index (χ1n) is 7.47. The molecule has 0 aliphatic rings. The van der Waals surface area contributed by atoms with Crippen LogP contribution in [0.25, 0.3) is 0 Å². The molecule has 0 spiro atoms. The van der Waals surface area contributed by atoms with Gasteiger partial charge in [-0.3, -0.25) is 0 Å². The molecule has 0 bridgehead atoms. The highest BCUT2D eigenvalue weighted by Crippen LogP contribution is 2.28. The lowest BCUT2D eigenvalue weighted by molar-refractivity contribution is 0.209. The van der Waals surface area contributed by atoms with Crippen LogP contribution in [0.5, 0.6) is 17.2 Å². The summed E-state index contributed by atoms with van der Waals surface area (Å²) in [6.07, 6.45) is 0. The lowest BCUT2D eigenvalue weighted by atomic mass is 10.1. The number of ether oxygens (including phenoxy) is 3. The molecule has 0 fully saturated rings. The summed E-state index contributed by atoms with van der Waals surface area (Å²) in [6.45, 7) is 7.00. The van der Waals surface area contributed by atoms with Crippen molar-refractivity contribution in [3.8, 4) is 23.3 Å². The van der Waals surface area contributed by atoms with Crippen LogP contribution in [0.4, 0.5) is 0 Å². The summed E-state index contributed by atoms with van der Waals surface area (Å²) in [6, 6.07) is 11.3. The fourth-order valence-corrected chi connectivity index (χ4v) is 2.30. The van der Waals surface area contributed by atoms with Crippen LogP contribution in [0.3, 0.4) is 0 Å². The predicted octanol–water partition coefficient (Wildman–Crippen LogP) is 3.95. The first kappa shape index (κ1) is 16.7. The second-order valence-electron chi connectivity index (χ2n) is 5.33. The molecular formula is C19H21NO3. The Morgan fingerprint density at radius 2 is 1.61 bits per heavy atom. The van der Waals surface area contributed by atoms with Gasteiger partial charge in [-0.25, -0.2) is 0 Å². The molecule has 0 unspecified atom stereocenters. The summed E-state index contributed by atoms with van der Waals surface area (Å²) in [7, 11) is 1.55. The molecule has 4 nitrogen and oxygen atoms in total. The van der Waals surface area contributed by atoms with Gasteiger partial charge in [-0.05, 0) is 49.6 Å². The molecule has 120 valence electrons. The molecule has 0 saturated carbocycles. The summed E-state index contributed by atoms with van der Waals surface area (Å²) < 4.78 is 16.8. The molecule has 2 aromatic carbocycles. The maximum atomic E-state index is 8.90. The summed E-state index contributed by atoms with van der Waals surface area (Å²) in [4.78, 5) is 0. The molecule has 0 atom stereocenters. The Morgan fingerprint density at radius 3 is 2.30 bits per heavy atom. The Morgan fingerprint density at radius 1 is 0.913 bits per heavy atom. The molecule has 4 heteroatoms. The molecule has 0 heterocycles. The van der Waals surface area contributed by atoms with Gasteiger partial charge in [0.1, 0.15) is 19.0 Å². The van der Waals surface area contributed by atoms with Gasteiger partial charge >= 0.3 is 0 Å². The van der Waals surface area contributed by atoms with Gasteiger partial charge in [0.25, 0.3) is 0 Å². The number of hydrogen-bond acceptors (Lipinski definition) is 4. The zero-order valence-corrected chi connectivity index (χ0v) is 14.0. The van der Waals surface area contributed by atoms with Gasteiger partial charge in [0.15, 0.2) is 11.5 Å². The van der Waals surface area contributed by atoms with Crippen molar-refractivity contribution in [2.75, 3.05) is 20.3 Å². The van der Waals surface area contributed by atoms with Gasteiger partial charge in [0.05, 0.1) is 18.7 Å². The molecule has 0 aliphatic carbocycles. The Kier molecular flexibility index (Phi) is 5.48. The lowest BCUT2D eigenvalue weighted by Gasteiger charge is -2.15. The van der Waals surface area contributed by atoms with E-state index in [9.17, 15) is 0 Å². The van der Waals surface area contributed by atoms with E-state index in [1.807, 2.05) is 6.92 Å². The average Bonchev–Trinajstić information content (AvgIpc) is 2.57. The number of methoxy groups -OCH3 is 1. The van der Waals surface area contributed by atoms with Crippen molar-refractivity contribution in [3.63, 3.8) is 0 Å². The molecule has 2 aromatic rings. The first-order valence-corrected chi connectivity index (χ1v) is 7.47. The fraction of sp³-hybridized carbons (Fsp3) is 0.316. The largest absolute Gasteiger partial charge is 0.493 e. The van der Waals surface area contributed by atoms with Crippen LogP contribution in [0.2, 0.25) is 0 Å². The highest BCUT2D eigenvalue weighted by molar-refractivity contribution is 5.47. The molecule has 0 aliphatic heterocycles. The van der Waals surface area contributed by atoms with Gasteiger partial charge in [-0.15, -0.1) is 0 Å². The number of hydrogen-bond donors (Lipinski definition) is 0. The third-order valence-electron chi connectivity index (χ3n) is 3.75. The van der Waals surface area contributed by atoms with Gasteiger partial charge < -0.3 is 14.2 Å². The van der Waals surface area contributed by atoms with Gasteiger partial charge in [-0.1, -0.05) is 12.1 Å². The Bertz CT molecular complexity index is 732. The van der Waals surface area contributed by atoms with E-state index in [2.05, 4.69) is 32.0 Å². The van der Waals surface area contributed by atoms with Crippen LogP contribution in [-0.2, 0) is 0 Å². The zero-order chi connectivity index (χ0) is 16.8. The maximum Gasteiger partial charge on any atom is 0.162 e. The number of benzene rings is 2. The van der Waals surface area contributed by atoms with E-state index in [0.29, 0.717) is 30.3 Å². The van der Waals surface area contributed by atoms with Crippen LogP contribution in [0.15, 0.2) is 30.3 Å². The highest BCUT2D eigenvalue weighted by Gasteiger charge is 2.08. The Hall–Kier alpha value is -2.67. The summed E-state index contributed by atoms with van der Waals surface area (Å²) >= 11 is 0. The third kappa shape index (κ3) is 3.95. The van der Waals surface area contributed by atoms with Crippen molar-refractivity contribution in [1.29, 1.82) is 5.26 Å². The van der Waals surface area contributed by atoms with Crippen LogP contribution >= 0.6 is 0 Å². The second-order valence-corrected chi connectivity index (χ2v) is 5.33. The fourth-order valence-electron chi connectivity index (χ4n) is 2.30. The first-order chi connectivity index (χ1) is 11.1. The molecule has 0 N–H and O–H groups in total. The quantitative estimate of drug-likeness (QED) is 0.758. The minimum atomic E-state index is 0.398.